The van der Waals surface area contributed by atoms with E-state index in [1.54, 1.807) is 48.5 Å². The van der Waals surface area contributed by atoms with Crippen LogP contribution in [0.4, 0.5) is 5.13 Å². The van der Waals surface area contributed by atoms with E-state index in [4.69, 9.17) is 32.7 Å². The van der Waals surface area contributed by atoms with Crippen LogP contribution < -0.4 is 14.4 Å². The number of Topliss-reactive ketones (excluding diaryl/α,β-unsaturated/α-hetero) is 1. The first-order valence-corrected chi connectivity index (χ1v) is 17.6. The number of nitrogens with zero attached hydrogens (tertiary/aromatic N) is 3. The highest BCUT2D eigenvalue weighted by molar-refractivity contribution is 8.00. The molecule has 0 radical (unpaired) electrons. The molecule has 7 rings (SSSR count). The molecule has 1 N–H and O–H groups in total. The Kier molecular flexibility index (Phi) is 9.15. The van der Waals surface area contributed by atoms with Crippen molar-refractivity contribution in [1.82, 2.24) is 10.2 Å². The molecule has 0 unspecified atom stereocenters. The van der Waals surface area contributed by atoms with E-state index in [0.717, 1.165) is 22.4 Å². The molecule has 1 fully saturated rings. The summed E-state index contributed by atoms with van der Waals surface area (Å²) in [6.45, 7) is 2.30. The first-order valence-electron chi connectivity index (χ1n) is 15.0. The van der Waals surface area contributed by atoms with Crippen LogP contribution in [0.3, 0.4) is 0 Å². The normalized spacial score (nSPS) is 18.2. The van der Waals surface area contributed by atoms with Crippen LogP contribution in [0.25, 0.3) is 5.76 Å². The van der Waals surface area contributed by atoms with Gasteiger partial charge in [0.2, 0.25) is 5.13 Å². The highest BCUT2D eigenvalue weighted by Gasteiger charge is 2.48. The molecule has 48 heavy (non-hydrogen) atoms. The molecule has 2 aliphatic rings. The van der Waals surface area contributed by atoms with Crippen molar-refractivity contribution in [2.75, 3.05) is 4.90 Å². The molecule has 0 aliphatic carbocycles. The molecule has 2 atom stereocenters. The number of hydrogen-bond acceptors (Lipinski definition) is 9. The molecule has 0 bridgehead atoms. The number of ether oxygens (including phenoxy) is 2. The zero-order chi connectivity index (χ0) is 33.4. The summed E-state index contributed by atoms with van der Waals surface area (Å²) in [6.07, 6.45) is 0.670. The lowest BCUT2D eigenvalue weighted by atomic mass is 9.94. The van der Waals surface area contributed by atoms with Gasteiger partial charge in [-0.1, -0.05) is 94.8 Å². The molecule has 12 heteroatoms. The predicted molar refractivity (Wildman–Crippen MR) is 188 cm³/mol. The number of amides is 1. The number of aliphatic hydroxyl groups excluding tert-OH is 1. The Morgan fingerprint density at radius 3 is 2.67 bits per heavy atom. The van der Waals surface area contributed by atoms with Crippen LogP contribution in [0, 0.1) is 0 Å². The first kappa shape index (κ1) is 32.2. The first-order chi connectivity index (χ1) is 23.2. The molecule has 8 nitrogen and oxygen atoms in total. The van der Waals surface area contributed by atoms with Crippen molar-refractivity contribution in [3.05, 3.63) is 134 Å². The minimum Gasteiger partial charge on any atom is -0.507 e. The molecule has 5 aromatic rings. The maximum Gasteiger partial charge on any atom is 0.301 e. The molecule has 2 aliphatic heterocycles. The maximum absolute atomic E-state index is 13.8. The van der Waals surface area contributed by atoms with Gasteiger partial charge in [0.25, 0.3) is 5.78 Å². The zero-order valence-electron chi connectivity index (χ0n) is 25.4. The Labute approximate surface area is 294 Å². The summed E-state index contributed by atoms with van der Waals surface area (Å²) >= 11 is 15.0. The van der Waals surface area contributed by atoms with Crippen LogP contribution >= 0.6 is 46.3 Å². The van der Waals surface area contributed by atoms with Crippen LogP contribution in [-0.2, 0) is 28.4 Å². The quantitative estimate of drug-likeness (QED) is 0.0532. The molecule has 4 aromatic carbocycles. The number of carbonyl (C=O) groups excluding carboxylic acids is 2. The fourth-order valence-electron chi connectivity index (χ4n) is 5.72. The number of rotatable bonds is 9. The number of aliphatic hydroxyl groups is 1. The lowest BCUT2D eigenvalue weighted by Crippen LogP contribution is -2.29. The van der Waals surface area contributed by atoms with Crippen LogP contribution in [0.2, 0.25) is 10.0 Å². The summed E-state index contributed by atoms with van der Waals surface area (Å²) in [5.74, 6) is -0.152. The average molecular weight is 717 g/mol. The van der Waals surface area contributed by atoms with Gasteiger partial charge >= 0.3 is 5.91 Å². The van der Waals surface area contributed by atoms with Crippen molar-refractivity contribution in [3.8, 4) is 11.5 Å². The topological polar surface area (TPSA) is 102 Å². The van der Waals surface area contributed by atoms with Gasteiger partial charge in [-0.25, -0.2) is 0 Å². The van der Waals surface area contributed by atoms with Gasteiger partial charge in [0, 0.05) is 27.8 Å². The SMILES string of the molecule is C[C@@H]1Cc2cc(C(O)=C3C(=O)C(=O)N(c4nnc(SCc5ccc(Cl)cc5Cl)s4)[C@@H]3c3cccc(OCc4ccccc4)c3)ccc2O1. The Morgan fingerprint density at radius 2 is 1.85 bits per heavy atom. The van der Waals surface area contributed by atoms with E-state index >= 15 is 0 Å². The van der Waals surface area contributed by atoms with E-state index in [2.05, 4.69) is 10.2 Å². The maximum atomic E-state index is 13.8. The van der Waals surface area contributed by atoms with Crippen molar-refractivity contribution < 1.29 is 24.2 Å². The Balaban J connectivity index is 1.25. The third-order valence-corrected chi connectivity index (χ3v) is 10.7. The van der Waals surface area contributed by atoms with Gasteiger partial charge in [-0.05, 0) is 71.6 Å². The molecular weight excluding hydrogens is 689 g/mol. The second-order valence-corrected chi connectivity index (χ2v) is 14.4. The summed E-state index contributed by atoms with van der Waals surface area (Å²) < 4.78 is 12.5. The number of ketones is 1. The third kappa shape index (κ3) is 6.53. The summed E-state index contributed by atoms with van der Waals surface area (Å²) in [5.41, 5.74) is 3.70. The summed E-state index contributed by atoms with van der Waals surface area (Å²) in [7, 11) is 0. The van der Waals surface area contributed by atoms with E-state index in [0.29, 0.717) is 50.0 Å². The largest absolute Gasteiger partial charge is 0.507 e. The zero-order valence-corrected chi connectivity index (χ0v) is 28.6. The number of halogens is 2. The van der Waals surface area contributed by atoms with Gasteiger partial charge in [0.1, 0.15) is 30.0 Å². The number of aromatic nitrogens is 2. The van der Waals surface area contributed by atoms with Crippen molar-refractivity contribution >= 4 is 68.9 Å². The highest BCUT2D eigenvalue weighted by Crippen LogP contribution is 2.45. The van der Waals surface area contributed by atoms with E-state index in [9.17, 15) is 14.7 Å². The fourth-order valence-corrected chi connectivity index (χ4v) is 8.15. The smallest absolute Gasteiger partial charge is 0.301 e. The number of thioether (sulfide) groups is 1. The minimum absolute atomic E-state index is 0.00166. The number of hydrogen-bond donors (Lipinski definition) is 1. The molecule has 3 heterocycles. The molecular formula is C36H27Cl2N3O5S2. The Hall–Kier alpha value is -4.35. The van der Waals surface area contributed by atoms with Gasteiger partial charge in [0.05, 0.1) is 11.6 Å². The summed E-state index contributed by atoms with van der Waals surface area (Å²) in [4.78, 5) is 28.9. The third-order valence-electron chi connectivity index (χ3n) is 8.00. The summed E-state index contributed by atoms with van der Waals surface area (Å²) in [6, 6.07) is 26.5. The van der Waals surface area contributed by atoms with Gasteiger partial charge in [0.15, 0.2) is 4.34 Å². The second-order valence-electron chi connectivity index (χ2n) is 11.3. The van der Waals surface area contributed by atoms with Gasteiger partial charge in [-0.3, -0.25) is 14.5 Å². The van der Waals surface area contributed by atoms with Crippen LogP contribution in [0.15, 0.2) is 101 Å². The molecule has 0 spiro atoms. The number of anilines is 1. The van der Waals surface area contributed by atoms with Crippen molar-refractivity contribution in [1.29, 1.82) is 0 Å². The van der Waals surface area contributed by atoms with Crippen molar-refractivity contribution in [2.45, 2.75) is 42.2 Å². The monoisotopic (exact) mass is 715 g/mol. The van der Waals surface area contributed by atoms with E-state index < -0.39 is 17.7 Å². The van der Waals surface area contributed by atoms with Crippen molar-refractivity contribution in [2.24, 2.45) is 0 Å². The molecule has 0 saturated carbocycles. The summed E-state index contributed by atoms with van der Waals surface area (Å²) in [5, 5.41) is 21.7. The minimum atomic E-state index is -0.995. The van der Waals surface area contributed by atoms with Gasteiger partial charge in [-0.15, -0.1) is 10.2 Å². The highest BCUT2D eigenvalue weighted by atomic mass is 35.5. The van der Waals surface area contributed by atoms with Crippen LogP contribution in [0.5, 0.6) is 11.5 Å². The molecule has 242 valence electrons. The molecule has 1 aromatic heterocycles. The second kappa shape index (κ2) is 13.6. The Bertz CT molecular complexity index is 2070. The predicted octanol–water partition coefficient (Wildman–Crippen LogP) is 8.67. The van der Waals surface area contributed by atoms with E-state index in [1.807, 2.05) is 49.4 Å². The molecule has 1 saturated heterocycles. The van der Waals surface area contributed by atoms with E-state index in [1.165, 1.54) is 28.0 Å². The van der Waals surface area contributed by atoms with Crippen LogP contribution in [0.1, 0.15) is 40.8 Å². The number of benzene rings is 4. The number of carbonyl (C=O) groups is 2. The van der Waals surface area contributed by atoms with E-state index in [-0.39, 0.29) is 22.6 Å². The van der Waals surface area contributed by atoms with Crippen molar-refractivity contribution in [3.63, 3.8) is 0 Å². The average Bonchev–Trinajstić information content (AvgIpc) is 3.78. The molecule has 1 amide bonds. The van der Waals surface area contributed by atoms with Crippen LogP contribution in [-0.4, -0.2) is 33.1 Å². The van der Waals surface area contributed by atoms with Gasteiger partial charge < -0.3 is 14.6 Å². The lowest BCUT2D eigenvalue weighted by Gasteiger charge is -2.23. The van der Waals surface area contributed by atoms with Gasteiger partial charge in [-0.2, -0.15) is 0 Å². The standard InChI is InChI=1S/C36H27Cl2N3O5S2/c1-20-14-25-15-23(11-13-29(25)46-20)32(42)30-31(22-8-5-9-27(16-22)45-18-21-6-3-2-4-7-21)41(34(44)33(30)43)35-39-40-36(48-35)47-19-24-10-12-26(37)17-28(24)38/h2-13,15-17,20,31,42H,14,18-19H2,1H3/t20-,31-/m1/s1. The Morgan fingerprint density at radius 1 is 1.02 bits per heavy atom. The number of fused-ring (bicyclic) bond motifs is 1. The lowest BCUT2D eigenvalue weighted by molar-refractivity contribution is -0.132. The fraction of sp³-hybridized carbons (Fsp3) is 0.167.